The molecule has 2 nitrogen and oxygen atoms in total. The lowest BCUT2D eigenvalue weighted by atomic mass is 9.89. The molecule has 1 aliphatic rings. The lowest BCUT2D eigenvalue weighted by molar-refractivity contribution is 0.243. The topological polar surface area (TPSA) is 29.3 Å². The highest BCUT2D eigenvalue weighted by Gasteiger charge is 2.32. The van der Waals surface area contributed by atoms with Crippen LogP contribution in [0.1, 0.15) is 20.3 Å². The van der Waals surface area contributed by atoms with E-state index >= 15 is 0 Å². The molecule has 0 aromatic carbocycles. The molecule has 0 aromatic rings. The van der Waals surface area contributed by atoms with E-state index in [1.165, 1.54) is 13.0 Å². The van der Waals surface area contributed by atoms with E-state index < -0.39 is 0 Å². The highest BCUT2D eigenvalue weighted by Crippen LogP contribution is 2.28. The summed E-state index contributed by atoms with van der Waals surface area (Å²) < 4.78 is 0. The van der Waals surface area contributed by atoms with Gasteiger partial charge in [0.25, 0.3) is 0 Å². The summed E-state index contributed by atoms with van der Waals surface area (Å²) in [7, 11) is 2.18. The van der Waals surface area contributed by atoms with Crippen molar-refractivity contribution in [1.29, 1.82) is 0 Å². The summed E-state index contributed by atoms with van der Waals surface area (Å²) in [6.45, 7) is 6.64. The maximum Gasteiger partial charge on any atom is 0.0246 e. The molecule has 2 unspecified atom stereocenters. The van der Waals surface area contributed by atoms with E-state index in [-0.39, 0.29) is 0 Å². The number of likely N-dealkylation sites (tertiary alicyclic amines) is 1. The van der Waals surface area contributed by atoms with E-state index in [2.05, 4.69) is 25.8 Å². The largest absolute Gasteiger partial charge is 0.329 e. The van der Waals surface area contributed by atoms with E-state index in [0.717, 1.165) is 18.4 Å². The lowest BCUT2D eigenvalue weighted by Crippen LogP contribution is -2.38. The van der Waals surface area contributed by atoms with Gasteiger partial charge in [-0.3, -0.25) is 0 Å². The summed E-state index contributed by atoms with van der Waals surface area (Å²) in [5, 5.41) is 0. The third-order valence-corrected chi connectivity index (χ3v) is 2.97. The minimum absolute atomic E-state index is 0.634. The van der Waals surface area contributed by atoms with Gasteiger partial charge in [-0.05, 0) is 31.8 Å². The number of nitrogens with two attached hydrogens (primary N) is 1. The SMILES string of the molecule is CC(C)C1CCN(C)C1CN. The minimum atomic E-state index is 0.634. The Labute approximate surface area is 69.8 Å². The Kier molecular flexibility index (Phi) is 2.90. The molecule has 2 atom stereocenters. The Balaban J connectivity index is 2.54. The molecule has 1 fully saturated rings. The van der Waals surface area contributed by atoms with Crippen molar-refractivity contribution in [3.63, 3.8) is 0 Å². The Morgan fingerprint density at radius 2 is 2.18 bits per heavy atom. The average molecular weight is 156 g/mol. The van der Waals surface area contributed by atoms with Gasteiger partial charge >= 0.3 is 0 Å². The number of hydrogen-bond acceptors (Lipinski definition) is 2. The molecule has 2 N–H and O–H groups in total. The highest BCUT2D eigenvalue weighted by molar-refractivity contribution is 4.87. The molecule has 0 radical (unpaired) electrons. The molecular formula is C9H20N2. The van der Waals surface area contributed by atoms with Crippen LogP contribution < -0.4 is 5.73 Å². The number of likely N-dealkylation sites (N-methyl/N-ethyl adjacent to an activating group) is 1. The van der Waals surface area contributed by atoms with Crippen LogP contribution in [0.4, 0.5) is 0 Å². The summed E-state index contributed by atoms with van der Waals surface area (Å²) >= 11 is 0. The molecule has 0 spiro atoms. The molecule has 0 saturated carbocycles. The van der Waals surface area contributed by atoms with Crippen LogP contribution in [0.15, 0.2) is 0 Å². The maximum absolute atomic E-state index is 5.71. The van der Waals surface area contributed by atoms with Crippen molar-refractivity contribution in [2.75, 3.05) is 20.1 Å². The Morgan fingerprint density at radius 1 is 1.55 bits per heavy atom. The molecule has 0 bridgehead atoms. The quantitative estimate of drug-likeness (QED) is 0.644. The van der Waals surface area contributed by atoms with Crippen LogP contribution in [0.5, 0.6) is 0 Å². The van der Waals surface area contributed by atoms with E-state index in [0.29, 0.717) is 6.04 Å². The van der Waals surface area contributed by atoms with Crippen molar-refractivity contribution < 1.29 is 0 Å². The molecule has 1 saturated heterocycles. The summed E-state index contributed by atoms with van der Waals surface area (Å²) in [5.41, 5.74) is 5.71. The zero-order valence-electron chi connectivity index (χ0n) is 7.88. The molecule has 2 heteroatoms. The monoisotopic (exact) mass is 156 g/mol. The molecule has 66 valence electrons. The summed E-state index contributed by atoms with van der Waals surface area (Å²) in [6, 6.07) is 0.634. The third-order valence-electron chi connectivity index (χ3n) is 2.97. The second-order valence-corrected chi connectivity index (χ2v) is 3.98. The van der Waals surface area contributed by atoms with Crippen molar-refractivity contribution in [2.24, 2.45) is 17.6 Å². The van der Waals surface area contributed by atoms with E-state index in [1.54, 1.807) is 0 Å². The fourth-order valence-electron chi connectivity index (χ4n) is 2.17. The molecule has 0 aliphatic carbocycles. The Bertz CT molecular complexity index is 123. The van der Waals surface area contributed by atoms with Gasteiger partial charge in [-0.1, -0.05) is 13.8 Å². The predicted molar refractivity (Wildman–Crippen MR) is 48.4 cm³/mol. The van der Waals surface area contributed by atoms with Gasteiger partial charge in [0.2, 0.25) is 0 Å². The van der Waals surface area contributed by atoms with E-state index in [4.69, 9.17) is 5.73 Å². The third kappa shape index (κ3) is 1.74. The molecule has 1 heterocycles. The predicted octanol–water partition coefficient (Wildman–Crippen LogP) is 0.921. The van der Waals surface area contributed by atoms with Crippen molar-refractivity contribution in [1.82, 2.24) is 4.90 Å². The van der Waals surface area contributed by atoms with Gasteiger partial charge in [0.15, 0.2) is 0 Å². The lowest BCUT2D eigenvalue weighted by Gasteiger charge is -2.25. The Hall–Kier alpha value is -0.0800. The van der Waals surface area contributed by atoms with Gasteiger partial charge in [-0.2, -0.15) is 0 Å². The van der Waals surface area contributed by atoms with Crippen LogP contribution in [0.2, 0.25) is 0 Å². The van der Waals surface area contributed by atoms with E-state index in [9.17, 15) is 0 Å². The van der Waals surface area contributed by atoms with Crippen molar-refractivity contribution in [3.8, 4) is 0 Å². The van der Waals surface area contributed by atoms with Crippen LogP contribution >= 0.6 is 0 Å². The van der Waals surface area contributed by atoms with Crippen molar-refractivity contribution in [2.45, 2.75) is 26.3 Å². The summed E-state index contributed by atoms with van der Waals surface area (Å²) in [4.78, 5) is 2.39. The van der Waals surface area contributed by atoms with Gasteiger partial charge in [0.1, 0.15) is 0 Å². The standard InChI is InChI=1S/C9H20N2/c1-7(2)8-4-5-11(3)9(8)6-10/h7-9H,4-6,10H2,1-3H3. The molecule has 0 aromatic heterocycles. The minimum Gasteiger partial charge on any atom is -0.329 e. The highest BCUT2D eigenvalue weighted by atomic mass is 15.2. The fraction of sp³-hybridized carbons (Fsp3) is 1.00. The van der Waals surface area contributed by atoms with Gasteiger partial charge < -0.3 is 10.6 Å². The fourth-order valence-corrected chi connectivity index (χ4v) is 2.17. The maximum atomic E-state index is 5.71. The van der Waals surface area contributed by atoms with Crippen LogP contribution in [-0.4, -0.2) is 31.1 Å². The van der Waals surface area contributed by atoms with Crippen LogP contribution in [0.3, 0.4) is 0 Å². The molecule has 1 aliphatic heterocycles. The first-order chi connectivity index (χ1) is 5.16. The summed E-state index contributed by atoms with van der Waals surface area (Å²) in [6.07, 6.45) is 1.33. The number of rotatable bonds is 2. The first-order valence-corrected chi connectivity index (χ1v) is 4.57. The molecule has 11 heavy (non-hydrogen) atoms. The van der Waals surface area contributed by atoms with Crippen LogP contribution in [-0.2, 0) is 0 Å². The molecule has 1 rings (SSSR count). The zero-order valence-corrected chi connectivity index (χ0v) is 7.88. The smallest absolute Gasteiger partial charge is 0.0246 e. The first kappa shape index (κ1) is 9.01. The second kappa shape index (κ2) is 3.55. The first-order valence-electron chi connectivity index (χ1n) is 4.57. The number of nitrogens with zero attached hydrogens (tertiary/aromatic N) is 1. The van der Waals surface area contributed by atoms with Gasteiger partial charge in [0.05, 0.1) is 0 Å². The Morgan fingerprint density at radius 3 is 2.55 bits per heavy atom. The van der Waals surface area contributed by atoms with Crippen molar-refractivity contribution in [3.05, 3.63) is 0 Å². The van der Waals surface area contributed by atoms with Crippen LogP contribution in [0.25, 0.3) is 0 Å². The summed E-state index contributed by atoms with van der Waals surface area (Å²) in [5.74, 6) is 1.61. The molecule has 0 amide bonds. The molecular weight excluding hydrogens is 136 g/mol. The van der Waals surface area contributed by atoms with Crippen LogP contribution in [0, 0.1) is 11.8 Å². The van der Waals surface area contributed by atoms with Gasteiger partial charge in [-0.25, -0.2) is 0 Å². The average Bonchev–Trinajstić information content (AvgIpc) is 2.30. The number of hydrogen-bond donors (Lipinski definition) is 1. The van der Waals surface area contributed by atoms with E-state index in [1.807, 2.05) is 0 Å². The van der Waals surface area contributed by atoms with Crippen molar-refractivity contribution >= 4 is 0 Å². The zero-order chi connectivity index (χ0) is 8.43. The van der Waals surface area contributed by atoms with Gasteiger partial charge in [-0.15, -0.1) is 0 Å². The second-order valence-electron chi connectivity index (χ2n) is 3.98. The normalized spacial score (nSPS) is 33.5. The van der Waals surface area contributed by atoms with Gasteiger partial charge in [0, 0.05) is 12.6 Å².